The van der Waals surface area contributed by atoms with Gasteiger partial charge in [0.1, 0.15) is 12.1 Å². The first-order valence-corrected chi connectivity index (χ1v) is 8.31. The summed E-state index contributed by atoms with van der Waals surface area (Å²) in [6, 6.07) is 8.35. The van der Waals surface area contributed by atoms with Crippen molar-refractivity contribution in [2.75, 3.05) is 31.6 Å². The molecule has 0 amide bonds. The van der Waals surface area contributed by atoms with E-state index < -0.39 is 10.0 Å². The van der Waals surface area contributed by atoms with E-state index in [-0.39, 0.29) is 4.90 Å². The molecule has 2 heterocycles. The molecular formula is C14H16N4O3S. The molecule has 1 aliphatic rings. The summed E-state index contributed by atoms with van der Waals surface area (Å²) < 4.78 is 31.6. The van der Waals surface area contributed by atoms with Gasteiger partial charge in [-0.15, -0.1) is 0 Å². The molecule has 1 saturated heterocycles. The number of rotatable bonds is 4. The highest BCUT2D eigenvalue weighted by atomic mass is 32.2. The van der Waals surface area contributed by atoms with Crippen molar-refractivity contribution in [3.8, 4) is 0 Å². The van der Waals surface area contributed by atoms with Crippen molar-refractivity contribution in [2.24, 2.45) is 0 Å². The van der Waals surface area contributed by atoms with E-state index in [0.717, 1.165) is 5.69 Å². The molecule has 0 unspecified atom stereocenters. The fraction of sp³-hybridized carbons (Fsp3) is 0.286. The third-order valence-electron chi connectivity index (χ3n) is 3.32. The third kappa shape index (κ3) is 3.24. The van der Waals surface area contributed by atoms with Crippen LogP contribution < -0.4 is 5.32 Å². The zero-order chi connectivity index (χ0) is 15.4. The van der Waals surface area contributed by atoms with Gasteiger partial charge in [0.15, 0.2) is 0 Å². The molecule has 2 aromatic rings. The second kappa shape index (κ2) is 6.39. The van der Waals surface area contributed by atoms with Gasteiger partial charge in [0.2, 0.25) is 10.0 Å². The average molecular weight is 320 g/mol. The molecule has 1 N–H and O–H groups in total. The molecule has 22 heavy (non-hydrogen) atoms. The van der Waals surface area contributed by atoms with Gasteiger partial charge in [-0.25, -0.2) is 18.4 Å². The molecular weight excluding hydrogens is 304 g/mol. The van der Waals surface area contributed by atoms with Crippen LogP contribution in [0.4, 0.5) is 11.5 Å². The predicted octanol–water partition coefficient (Wildman–Crippen LogP) is 1.24. The minimum atomic E-state index is -3.45. The van der Waals surface area contributed by atoms with Crippen LogP contribution in [0.25, 0.3) is 0 Å². The second-order valence-electron chi connectivity index (χ2n) is 4.76. The van der Waals surface area contributed by atoms with E-state index in [9.17, 15) is 8.42 Å². The number of anilines is 2. The number of nitrogens with one attached hydrogen (secondary N) is 1. The van der Waals surface area contributed by atoms with E-state index in [1.54, 1.807) is 36.5 Å². The first kappa shape index (κ1) is 14.9. The zero-order valence-corrected chi connectivity index (χ0v) is 12.7. The average Bonchev–Trinajstić information content (AvgIpc) is 2.57. The minimum Gasteiger partial charge on any atom is -0.379 e. The van der Waals surface area contributed by atoms with Gasteiger partial charge in [-0.3, -0.25) is 0 Å². The monoisotopic (exact) mass is 320 g/mol. The van der Waals surface area contributed by atoms with Crippen molar-refractivity contribution in [1.82, 2.24) is 14.3 Å². The number of nitrogens with zero attached hydrogens (tertiary/aromatic N) is 3. The standard InChI is InChI=1S/C14H16N4O3S/c19-22(20,18-7-9-21-10-8-18)13-3-1-12(2-4-13)17-14-5-6-15-11-16-14/h1-6,11H,7-10H2,(H,15,16,17). The van der Waals surface area contributed by atoms with E-state index in [4.69, 9.17) is 4.74 Å². The van der Waals surface area contributed by atoms with Crippen LogP contribution in [0.2, 0.25) is 0 Å². The Kier molecular flexibility index (Phi) is 4.32. The summed E-state index contributed by atoms with van der Waals surface area (Å²) in [5.41, 5.74) is 0.764. The summed E-state index contributed by atoms with van der Waals surface area (Å²) in [5, 5.41) is 3.08. The highest BCUT2D eigenvalue weighted by Crippen LogP contribution is 2.20. The smallest absolute Gasteiger partial charge is 0.243 e. The van der Waals surface area contributed by atoms with Crippen LogP contribution in [0, 0.1) is 0 Å². The molecule has 0 saturated carbocycles. The molecule has 7 nitrogen and oxygen atoms in total. The lowest BCUT2D eigenvalue weighted by atomic mass is 10.3. The molecule has 0 spiro atoms. The quantitative estimate of drug-likeness (QED) is 0.912. The molecule has 1 aromatic heterocycles. The van der Waals surface area contributed by atoms with E-state index in [1.807, 2.05) is 0 Å². The summed E-state index contributed by atoms with van der Waals surface area (Å²) in [7, 11) is -3.45. The zero-order valence-electron chi connectivity index (χ0n) is 11.8. The Bertz CT molecular complexity index is 714. The Morgan fingerprint density at radius 2 is 1.82 bits per heavy atom. The number of sulfonamides is 1. The molecule has 8 heteroatoms. The molecule has 0 bridgehead atoms. The first-order chi connectivity index (χ1) is 10.7. The Hall–Kier alpha value is -2.03. The summed E-state index contributed by atoms with van der Waals surface area (Å²) in [6.45, 7) is 1.66. The van der Waals surface area contributed by atoms with E-state index in [2.05, 4.69) is 15.3 Å². The van der Waals surface area contributed by atoms with Gasteiger partial charge in [0, 0.05) is 25.0 Å². The first-order valence-electron chi connectivity index (χ1n) is 6.87. The number of benzene rings is 1. The molecule has 3 rings (SSSR count). The lowest BCUT2D eigenvalue weighted by molar-refractivity contribution is 0.0730. The highest BCUT2D eigenvalue weighted by molar-refractivity contribution is 7.89. The number of ether oxygens (including phenoxy) is 1. The van der Waals surface area contributed by atoms with Gasteiger partial charge >= 0.3 is 0 Å². The fourth-order valence-corrected chi connectivity index (χ4v) is 3.57. The van der Waals surface area contributed by atoms with Crippen LogP contribution in [-0.2, 0) is 14.8 Å². The number of morpholine rings is 1. The molecule has 0 aliphatic carbocycles. The van der Waals surface area contributed by atoms with Crippen LogP contribution >= 0.6 is 0 Å². The highest BCUT2D eigenvalue weighted by Gasteiger charge is 2.25. The van der Waals surface area contributed by atoms with Crippen LogP contribution in [-0.4, -0.2) is 49.0 Å². The van der Waals surface area contributed by atoms with Gasteiger partial charge in [-0.1, -0.05) is 0 Å². The lowest BCUT2D eigenvalue weighted by Gasteiger charge is -2.26. The Balaban J connectivity index is 1.76. The maximum atomic E-state index is 12.5. The van der Waals surface area contributed by atoms with E-state index in [1.165, 1.54) is 10.6 Å². The predicted molar refractivity (Wildman–Crippen MR) is 81.3 cm³/mol. The Labute approximate surface area is 129 Å². The Morgan fingerprint density at radius 3 is 2.45 bits per heavy atom. The van der Waals surface area contributed by atoms with Gasteiger partial charge in [0.25, 0.3) is 0 Å². The second-order valence-corrected chi connectivity index (χ2v) is 6.70. The van der Waals surface area contributed by atoms with Crippen molar-refractivity contribution in [1.29, 1.82) is 0 Å². The summed E-state index contributed by atoms with van der Waals surface area (Å²) >= 11 is 0. The maximum Gasteiger partial charge on any atom is 0.243 e. The lowest BCUT2D eigenvalue weighted by Crippen LogP contribution is -2.40. The van der Waals surface area contributed by atoms with Crippen LogP contribution in [0.1, 0.15) is 0 Å². The van der Waals surface area contributed by atoms with Crippen molar-refractivity contribution in [2.45, 2.75) is 4.90 Å². The van der Waals surface area contributed by atoms with Gasteiger partial charge in [0.05, 0.1) is 18.1 Å². The fourth-order valence-electron chi connectivity index (χ4n) is 2.16. The summed E-state index contributed by atoms with van der Waals surface area (Å²) in [5.74, 6) is 0.652. The number of aromatic nitrogens is 2. The number of hydrogen-bond acceptors (Lipinski definition) is 6. The minimum absolute atomic E-state index is 0.280. The molecule has 1 fully saturated rings. The van der Waals surface area contributed by atoms with Crippen LogP contribution in [0.3, 0.4) is 0 Å². The van der Waals surface area contributed by atoms with Gasteiger partial charge < -0.3 is 10.1 Å². The van der Waals surface area contributed by atoms with E-state index >= 15 is 0 Å². The SMILES string of the molecule is O=S(=O)(c1ccc(Nc2ccncn2)cc1)N1CCOCC1. The molecule has 116 valence electrons. The molecule has 1 aromatic carbocycles. The maximum absolute atomic E-state index is 12.5. The van der Waals surface area contributed by atoms with Crippen molar-refractivity contribution >= 4 is 21.5 Å². The largest absolute Gasteiger partial charge is 0.379 e. The third-order valence-corrected chi connectivity index (χ3v) is 5.23. The van der Waals surface area contributed by atoms with Crippen LogP contribution in [0.15, 0.2) is 47.8 Å². The number of hydrogen-bond donors (Lipinski definition) is 1. The molecule has 1 aliphatic heterocycles. The molecule has 0 radical (unpaired) electrons. The molecule has 0 atom stereocenters. The summed E-state index contributed by atoms with van der Waals surface area (Å²) in [4.78, 5) is 8.18. The summed E-state index contributed by atoms with van der Waals surface area (Å²) in [6.07, 6.45) is 3.08. The van der Waals surface area contributed by atoms with Crippen LogP contribution in [0.5, 0.6) is 0 Å². The van der Waals surface area contributed by atoms with Gasteiger partial charge in [-0.05, 0) is 30.3 Å². The van der Waals surface area contributed by atoms with Crippen molar-refractivity contribution in [3.63, 3.8) is 0 Å². The van der Waals surface area contributed by atoms with E-state index in [0.29, 0.717) is 32.1 Å². The van der Waals surface area contributed by atoms with Crippen molar-refractivity contribution < 1.29 is 13.2 Å². The Morgan fingerprint density at radius 1 is 1.09 bits per heavy atom. The van der Waals surface area contributed by atoms with Crippen molar-refractivity contribution in [3.05, 3.63) is 42.9 Å². The topological polar surface area (TPSA) is 84.4 Å². The normalized spacial score (nSPS) is 16.4. The van der Waals surface area contributed by atoms with Gasteiger partial charge in [-0.2, -0.15) is 4.31 Å².